The van der Waals surface area contributed by atoms with E-state index in [1.54, 1.807) is 0 Å². The van der Waals surface area contributed by atoms with Crippen molar-refractivity contribution in [3.8, 4) is 11.1 Å². The molecule has 0 unspecified atom stereocenters. The van der Waals surface area contributed by atoms with E-state index in [9.17, 15) is 5.11 Å². The predicted octanol–water partition coefficient (Wildman–Crippen LogP) is 5.79. The van der Waals surface area contributed by atoms with E-state index in [1.807, 2.05) is 41.5 Å². The van der Waals surface area contributed by atoms with E-state index in [4.69, 9.17) is 4.84 Å². The zero-order chi connectivity index (χ0) is 18.5. The first-order valence-corrected chi connectivity index (χ1v) is 9.40. The summed E-state index contributed by atoms with van der Waals surface area (Å²) in [6.07, 6.45) is 3.19. The number of hydroxylamine groups is 2. The van der Waals surface area contributed by atoms with Crippen molar-refractivity contribution >= 4 is 5.57 Å². The smallest absolute Gasteiger partial charge is 0.358 e. The first-order valence-electron chi connectivity index (χ1n) is 9.40. The van der Waals surface area contributed by atoms with Crippen molar-refractivity contribution in [2.24, 2.45) is 0 Å². The van der Waals surface area contributed by atoms with E-state index >= 15 is 0 Å². The normalized spacial score (nSPS) is 20.4. The molecule has 1 heterocycles. The van der Waals surface area contributed by atoms with Crippen molar-refractivity contribution in [1.82, 2.24) is 5.06 Å². The third kappa shape index (κ3) is 2.62. The maximum absolute atomic E-state index is 13.3. The second-order valence-electron chi connectivity index (χ2n) is 8.62. The lowest BCUT2D eigenvalue weighted by molar-refractivity contribution is -0.280. The van der Waals surface area contributed by atoms with Crippen molar-refractivity contribution in [1.29, 1.82) is 0 Å². The zero-order valence-corrected chi connectivity index (χ0v) is 16.0. The van der Waals surface area contributed by atoms with Gasteiger partial charge in [0.05, 0.1) is 16.7 Å². The summed E-state index contributed by atoms with van der Waals surface area (Å²) < 4.78 is 0. The average molecular weight is 348 g/mol. The Morgan fingerprint density at radius 3 is 1.69 bits per heavy atom. The van der Waals surface area contributed by atoms with Crippen molar-refractivity contribution in [2.75, 3.05) is 0 Å². The van der Waals surface area contributed by atoms with Gasteiger partial charge >= 0.3 is 5.95 Å². The second kappa shape index (κ2) is 5.88. The molecule has 1 fully saturated rings. The van der Waals surface area contributed by atoms with Crippen LogP contribution in [-0.2, 0) is 9.94 Å². The summed E-state index contributed by atoms with van der Waals surface area (Å²) in [5.41, 5.74) is 4.47. The predicted molar refractivity (Wildman–Crippen MR) is 104 cm³/mol. The largest absolute Gasteiger partial charge is 0.363 e. The number of benzene rings is 2. The van der Waals surface area contributed by atoms with Gasteiger partial charge in [0.1, 0.15) is 0 Å². The molecule has 0 amide bonds. The molecule has 0 bridgehead atoms. The van der Waals surface area contributed by atoms with Crippen LogP contribution in [0.5, 0.6) is 0 Å². The van der Waals surface area contributed by atoms with Gasteiger partial charge in [-0.1, -0.05) is 48.5 Å². The van der Waals surface area contributed by atoms with Crippen LogP contribution < -0.4 is 0 Å². The molecule has 26 heavy (non-hydrogen) atoms. The zero-order valence-electron chi connectivity index (χ0n) is 16.0. The highest BCUT2D eigenvalue weighted by molar-refractivity contribution is 6.01. The summed E-state index contributed by atoms with van der Waals surface area (Å²) in [5, 5.41) is 15.2. The highest BCUT2D eigenvalue weighted by Gasteiger charge is 2.44. The summed E-state index contributed by atoms with van der Waals surface area (Å²) in [5.74, 6) is -0.259. The highest BCUT2D eigenvalue weighted by Crippen LogP contribution is 2.46. The van der Waals surface area contributed by atoms with Gasteiger partial charge in [-0.25, -0.2) is 5.11 Å². The van der Waals surface area contributed by atoms with Crippen LogP contribution in [0.15, 0.2) is 54.5 Å². The van der Waals surface area contributed by atoms with Crippen LogP contribution in [0, 0.1) is 0 Å². The number of rotatable bonds is 2. The lowest BCUT2D eigenvalue weighted by Gasteiger charge is -2.50. The molecule has 1 aliphatic heterocycles. The van der Waals surface area contributed by atoms with Gasteiger partial charge in [-0.3, -0.25) is 0 Å². The molecule has 0 N–H and O–H groups in total. The summed E-state index contributed by atoms with van der Waals surface area (Å²) in [6.45, 7) is 8.62. The molecule has 2 aromatic carbocycles. The molecular weight excluding hydrogens is 322 g/mol. The maximum atomic E-state index is 13.3. The Kier molecular flexibility index (Phi) is 3.89. The molecule has 135 valence electrons. The summed E-state index contributed by atoms with van der Waals surface area (Å²) >= 11 is 0. The fraction of sp³-hybridized carbons (Fsp3) is 0.391. The molecule has 3 heteroatoms. The topological polar surface area (TPSA) is 32.4 Å². The van der Waals surface area contributed by atoms with Gasteiger partial charge in [-0.05, 0) is 69.2 Å². The number of hydrogen-bond acceptors (Lipinski definition) is 2. The molecule has 1 aliphatic carbocycles. The van der Waals surface area contributed by atoms with E-state index in [1.165, 1.54) is 0 Å². The van der Waals surface area contributed by atoms with Crippen LogP contribution in [0.25, 0.3) is 16.7 Å². The van der Waals surface area contributed by atoms with Crippen LogP contribution in [0.3, 0.4) is 0 Å². The number of nitrogens with zero attached hydrogens (tertiary/aromatic N) is 1. The molecule has 3 nitrogen and oxygen atoms in total. The third-order valence-corrected chi connectivity index (χ3v) is 5.74. The van der Waals surface area contributed by atoms with E-state index in [0.717, 1.165) is 41.5 Å². The number of piperidine rings is 1. The molecular formula is C23H26NO2. The Hall–Kier alpha value is -2.26. The third-order valence-electron chi connectivity index (χ3n) is 5.74. The first kappa shape index (κ1) is 17.2. The van der Waals surface area contributed by atoms with Gasteiger partial charge in [0.15, 0.2) is 0 Å². The molecule has 0 atom stereocenters. The molecule has 0 aromatic heterocycles. The lowest BCUT2D eigenvalue weighted by atomic mass is 9.82. The van der Waals surface area contributed by atoms with Gasteiger partial charge in [0, 0.05) is 0 Å². The minimum absolute atomic E-state index is 0.171. The number of fused-ring (bicyclic) bond motifs is 3. The standard InChI is InChI=1S/C23H26NO2/c1-22(2)14-9-15-23(3,4)24(22)26-21(25)20-18-12-7-5-10-16(18)17-11-6-8-13-19(17)20/h5-8,10-13H,9,14-15H2,1-4H3. The van der Waals surface area contributed by atoms with E-state index in [0.29, 0.717) is 5.57 Å². The molecule has 2 aromatic rings. The molecule has 1 saturated heterocycles. The fourth-order valence-corrected chi connectivity index (χ4v) is 4.59. The SMILES string of the molecule is CC1(C)CCCC(C)(C)N1OC([O])=C1c2ccccc2-c2ccccc21. The molecule has 2 aliphatic rings. The van der Waals surface area contributed by atoms with Crippen LogP contribution in [0.2, 0.25) is 0 Å². The van der Waals surface area contributed by atoms with Crippen molar-refractivity contribution < 1.29 is 9.94 Å². The Labute approximate surface area is 155 Å². The van der Waals surface area contributed by atoms with Crippen LogP contribution in [-0.4, -0.2) is 16.1 Å². The Morgan fingerprint density at radius 2 is 1.23 bits per heavy atom. The van der Waals surface area contributed by atoms with Gasteiger partial charge in [-0.15, -0.1) is 5.06 Å². The van der Waals surface area contributed by atoms with E-state index in [-0.39, 0.29) is 17.0 Å². The molecule has 0 spiro atoms. The van der Waals surface area contributed by atoms with E-state index < -0.39 is 0 Å². The van der Waals surface area contributed by atoms with Crippen molar-refractivity contribution in [3.05, 3.63) is 65.6 Å². The summed E-state index contributed by atoms with van der Waals surface area (Å²) in [7, 11) is 0. The Bertz CT molecular complexity index is 816. The maximum Gasteiger partial charge on any atom is 0.358 e. The molecule has 1 radical (unpaired) electrons. The van der Waals surface area contributed by atoms with Gasteiger partial charge in [0.25, 0.3) is 0 Å². The monoisotopic (exact) mass is 348 g/mol. The van der Waals surface area contributed by atoms with Gasteiger partial charge in [0.2, 0.25) is 0 Å². The second-order valence-corrected chi connectivity index (χ2v) is 8.62. The average Bonchev–Trinajstić information content (AvgIpc) is 2.92. The summed E-state index contributed by atoms with van der Waals surface area (Å²) in [4.78, 5) is 6.08. The van der Waals surface area contributed by atoms with Crippen LogP contribution in [0.4, 0.5) is 0 Å². The van der Waals surface area contributed by atoms with Crippen LogP contribution in [0.1, 0.15) is 58.1 Å². The Balaban J connectivity index is 1.82. The quantitative estimate of drug-likeness (QED) is 0.549. The fourth-order valence-electron chi connectivity index (χ4n) is 4.59. The number of hydrogen-bond donors (Lipinski definition) is 0. The minimum atomic E-state index is -0.259. The Morgan fingerprint density at radius 1 is 0.808 bits per heavy atom. The van der Waals surface area contributed by atoms with Crippen molar-refractivity contribution in [2.45, 2.75) is 58.0 Å². The van der Waals surface area contributed by atoms with Crippen molar-refractivity contribution in [3.63, 3.8) is 0 Å². The van der Waals surface area contributed by atoms with Crippen LogP contribution >= 0.6 is 0 Å². The van der Waals surface area contributed by atoms with E-state index in [2.05, 4.69) is 39.8 Å². The lowest BCUT2D eigenvalue weighted by Crippen LogP contribution is -2.58. The molecule has 0 saturated carbocycles. The van der Waals surface area contributed by atoms with Gasteiger partial charge in [-0.2, -0.15) is 0 Å². The summed E-state index contributed by atoms with van der Waals surface area (Å²) in [6, 6.07) is 16.2. The first-order chi connectivity index (χ1) is 12.3. The minimum Gasteiger partial charge on any atom is -0.363 e. The molecule has 4 rings (SSSR count). The van der Waals surface area contributed by atoms with Gasteiger partial charge < -0.3 is 4.84 Å². The highest BCUT2D eigenvalue weighted by atomic mass is 16.8.